The molecule has 2 heterocycles. The third-order valence-electron chi connectivity index (χ3n) is 6.22. The number of methoxy groups -OCH3 is 1. The number of hydrogen-bond donors (Lipinski definition) is 3. The van der Waals surface area contributed by atoms with Crippen LogP contribution in [0, 0.1) is 11.3 Å². The van der Waals surface area contributed by atoms with Crippen molar-refractivity contribution in [2.24, 2.45) is 5.92 Å². The molecule has 2 aromatic carbocycles. The molecule has 1 aliphatic heterocycles. The van der Waals surface area contributed by atoms with Crippen molar-refractivity contribution in [2.45, 2.75) is 25.9 Å². The smallest absolute Gasteiger partial charge is 0.251 e. The summed E-state index contributed by atoms with van der Waals surface area (Å²) in [5.74, 6) is 1.65. The first-order chi connectivity index (χ1) is 17.0. The molecule has 4 N–H and O–H groups in total. The molecule has 1 aromatic heterocycles. The van der Waals surface area contributed by atoms with Crippen molar-refractivity contribution in [1.29, 1.82) is 5.41 Å². The maximum atomic E-state index is 12.6. The van der Waals surface area contributed by atoms with Crippen LogP contribution in [0.15, 0.2) is 66.9 Å². The second kappa shape index (κ2) is 11.0. The van der Waals surface area contributed by atoms with Crippen molar-refractivity contribution in [1.82, 2.24) is 9.88 Å². The number of rotatable bonds is 8. The number of ether oxygens (including phenoxy) is 2. The van der Waals surface area contributed by atoms with E-state index in [2.05, 4.69) is 10.3 Å². The molecule has 2 atom stereocenters. The second-order valence-electron chi connectivity index (χ2n) is 8.60. The van der Waals surface area contributed by atoms with E-state index in [0.717, 1.165) is 24.3 Å². The van der Waals surface area contributed by atoms with Gasteiger partial charge in [0.2, 0.25) is 0 Å². The van der Waals surface area contributed by atoms with E-state index in [9.17, 15) is 4.79 Å². The predicted octanol–water partition coefficient (Wildman–Crippen LogP) is 4.84. The van der Waals surface area contributed by atoms with Gasteiger partial charge in [-0.25, -0.2) is 4.98 Å². The van der Waals surface area contributed by atoms with Gasteiger partial charge >= 0.3 is 0 Å². The molecule has 0 radical (unpaired) electrons. The third-order valence-corrected chi connectivity index (χ3v) is 6.22. The maximum Gasteiger partial charge on any atom is 0.251 e. The molecule has 0 spiro atoms. The number of nitrogens with two attached hydrogens (primary N) is 1. The van der Waals surface area contributed by atoms with Gasteiger partial charge in [-0.2, -0.15) is 0 Å². The van der Waals surface area contributed by atoms with Crippen LogP contribution in [0.5, 0.6) is 11.5 Å². The van der Waals surface area contributed by atoms with E-state index in [4.69, 9.17) is 20.6 Å². The zero-order valence-corrected chi connectivity index (χ0v) is 20.0. The van der Waals surface area contributed by atoms with Crippen LogP contribution in [0.4, 0.5) is 17.2 Å². The molecule has 182 valence electrons. The van der Waals surface area contributed by atoms with Gasteiger partial charge in [0.15, 0.2) is 0 Å². The fourth-order valence-corrected chi connectivity index (χ4v) is 4.20. The van der Waals surface area contributed by atoms with Gasteiger partial charge in [0.05, 0.1) is 5.69 Å². The van der Waals surface area contributed by atoms with Crippen LogP contribution < -0.4 is 15.8 Å². The van der Waals surface area contributed by atoms with Gasteiger partial charge in [-0.3, -0.25) is 4.79 Å². The number of aromatic nitrogens is 1. The van der Waals surface area contributed by atoms with E-state index in [1.165, 1.54) is 7.11 Å². The van der Waals surface area contributed by atoms with Crippen LogP contribution >= 0.6 is 0 Å². The number of nitrogen functional groups attached to an aromatic ring is 1. The largest absolute Gasteiger partial charge is 0.457 e. The maximum absolute atomic E-state index is 12.6. The van der Waals surface area contributed by atoms with Crippen LogP contribution in [-0.4, -0.2) is 47.8 Å². The van der Waals surface area contributed by atoms with E-state index in [0.29, 0.717) is 41.6 Å². The van der Waals surface area contributed by atoms with Gasteiger partial charge in [0, 0.05) is 49.3 Å². The Morgan fingerprint density at radius 1 is 1.14 bits per heavy atom. The average Bonchev–Trinajstić information content (AvgIpc) is 2.90. The molecule has 3 aromatic rings. The first-order valence-electron chi connectivity index (χ1n) is 11.7. The van der Waals surface area contributed by atoms with Gasteiger partial charge in [-0.15, -0.1) is 0 Å². The monoisotopic (exact) mass is 473 g/mol. The fourth-order valence-electron chi connectivity index (χ4n) is 4.20. The summed E-state index contributed by atoms with van der Waals surface area (Å²) in [6, 6.07) is 18.9. The topological polar surface area (TPSA) is 114 Å². The van der Waals surface area contributed by atoms with Gasteiger partial charge in [-0.05, 0) is 62.2 Å². The lowest BCUT2D eigenvalue weighted by molar-refractivity contribution is -0.142. The molecule has 1 fully saturated rings. The number of para-hydroxylation sites is 1. The molecule has 0 saturated carbocycles. The first kappa shape index (κ1) is 24.2. The number of amides is 1. The van der Waals surface area contributed by atoms with Crippen LogP contribution in [-0.2, 0) is 9.53 Å². The summed E-state index contributed by atoms with van der Waals surface area (Å²) in [6.45, 7) is 2.91. The highest BCUT2D eigenvalue weighted by atomic mass is 16.5. The summed E-state index contributed by atoms with van der Waals surface area (Å²) in [5, 5.41) is 12.3. The van der Waals surface area contributed by atoms with Crippen molar-refractivity contribution < 1.29 is 14.3 Å². The van der Waals surface area contributed by atoms with Crippen molar-refractivity contribution in [2.75, 3.05) is 31.2 Å². The Morgan fingerprint density at radius 3 is 2.57 bits per heavy atom. The van der Waals surface area contributed by atoms with Crippen LogP contribution in [0.3, 0.4) is 0 Å². The third kappa shape index (κ3) is 5.78. The van der Waals surface area contributed by atoms with Crippen molar-refractivity contribution >= 4 is 28.8 Å². The molecule has 0 bridgehead atoms. The van der Waals surface area contributed by atoms with E-state index in [-0.39, 0.29) is 11.8 Å². The first-order valence-corrected chi connectivity index (χ1v) is 11.7. The lowest BCUT2D eigenvalue weighted by Crippen LogP contribution is -2.46. The highest BCUT2D eigenvalue weighted by Crippen LogP contribution is 2.31. The fraction of sp³-hybridized carbons (Fsp3) is 0.296. The van der Waals surface area contributed by atoms with Gasteiger partial charge < -0.3 is 30.8 Å². The molecule has 0 aliphatic carbocycles. The normalized spacial score (nSPS) is 16.4. The number of benzene rings is 2. The Bertz CT molecular complexity index is 1170. The molecular weight excluding hydrogens is 442 g/mol. The predicted molar refractivity (Wildman–Crippen MR) is 137 cm³/mol. The van der Waals surface area contributed by atoms with Gasteiger partial charge in [-0.1, -0.05) is 18.2 Å². The van der Waals surface area contributed by atoms with E-state index in [1.807, 2.05) is 54.6 Å². The summed E-state index contributed by atoms with van der Waals surface area (Å²) in [5.41, 5.74) is 8.73. The summed E-state index contributed by atoms with van der Waals surface area (Å²) >= 11 is 0. The molecule has 2 unspecified atom stereocenters. The number of carbonyl (C=O) groups is 1. The Kier molecular flexibility index (Phi) is 7.62. The molecule has 35 heavy (non-hydrogen) atoms. The summed E-state index contributed by atoms with van der Waals surface area (Å²) in [4.78, 5) is 18.6. The minimum Gasteiger partial charge on any atom is -0.457 e. The van der Waals surface area contributed by atoms with Crippen LogP contribution in [0.25, 0.3) is 0 Å². The van der Waals surface area contributed by atoms with Gasteiger partial charge in [0.25, 0.3) is 5.91 Å². The highest BCUT2D eigenvalue weighted by Gasteiger charge is 2.30. The number of anilines is 3. The molecule has 8 heteroatoms. The van der Waals surface area contributed by atoms with Crippen molar-refractivity contribution in [3.8, 4) is 11.5 Å². The molecule has 1 aliphatic rings. The zero-order chi connectivity index (χ0) is 24.8. The minimum absolute atomic E-state index is 0.0459. The summed E-state index contributed by atoms with van der Waals surface area (Å²) in [6.07, 6.45) is 2.78. The number of likely N-dealkylation sites (tertiary alicyclic amines) is 1. The molecular formula is C27H31N5O3. The number of piperidine rings is 1. The Morgan fingerprint density at radius 2 is 1.86 bits per heavy atom. The lowest BCUT2D eigenvalue weighted by Gasteiger charge is -2.34. The molecule has 8 nitrogen and oxygen atoms in total. The van der Waals surface area contributed by atoms with Crippen molar-refractivity contribution in [3.05, 3.63) is 72.4 Å². The van der Waals surface area contributed by atoms with E-state index in [1.54, 1.807) is 24.1 Å². The Balaban J connectivity index is 1.50. The van der Waals surface area contributed by atoms with Crippen molar-refractivity contribution in [3.63, 3.8) is 0 Å². The van der Waals surface area contributed by atoms with Crippen LogP contribution in [0.2, 0.25) is 0 Å². The number of hydrogen-bond acceptors (Lipinski definition) is 7. The number of pyridine rings is 1. The Labute approximate surface area is 205 Å². The van der Waals surface area contributed by atoms with Gasteiger partial charge in [0.1, 0.15) is 23.4 Å². The number of nitrogens with one attached hydrogen (secondary N) is 2. The lowest BCUT2D eigenvalue weighted by atomic mass is 9.88. The SMILES string of the molecule is COC(C)C(=O)N1CCCC(C(=N)c2ccnc(N)c2Nc2ccc(Oc3ccccc3)cc2)C1. The average molecular weight is 474 g/mol. The number of nitrogens with zero attached hydrogens (tertiary/aromatic N) is 2. The molecule has 1 saturated heterocycles. The van der Waals surface area contributed by atoms with E-state index >= 15 is 0 Å². The molecule has 4 rings (SSSR count). The summed E-state index contributed by atoms with van der Waals surface area (Å²) < 4.78 is 11.1. The second-order valence-corrected chi connectivity index (χ2v) is 8.60. The number of carbonyl (C=O) groups excluding carboxylic acids is 1. The summed E-state index contributed by atoms with van der Waals surface area (Å²) in [7, 11) is 1.53. The zero-order valence-electron chi connectivity index (χ0n) is 20.0. The Hall–Kier alpha value is -3.91. The standard InChI is InChI=1S/C27H31N5O3/c1-18(34-2)27(33)32-16-6-7-19(17-32)24(28)23-14-15-30-26(29)25(23)31-20-10-12-22(13-11-20)35-21-8-4-3-5-9-21/h3-5,8-15,18-19,28,31H,6-7,16-17H2,1-2H3,(H2,29,30). The minimum atomic E-state index is -0.495. The van der Waals surface area contributed by atoms with E-state index < -0.39 is 6.10 Å². The van der Waals surface area contributed by atoms with Crippen LogP contribution in [0.1, 0.15) is 25.3 Å². The highest BCUT2D eigenvalue weighted by molar-refractivity contribution is 6.07. The molecule has 1 amide bonds. The quantitative estimate of drug-likeness (QED) is 0.404.